The fraction of sp³-hybridized carbons (Fsp3) is 1.00. The zero-order chi connectivity index (χ0) is 10.1. The minimum Gasteiger partial charge on any atom is -0.325 e. The molecule has 13 heavy (non-hydrogen) atoms. The molecule has 78 valence electrons. The van der Waals surface area contributed by atoms with Crippen LogP contribution in [0.25, 0.3) is 0 Å². The monoisotopic (exact) mass is 192 g/mol. The molecule has 1 fully saturated rings. The van der Waals surface area contributed by atoms with E-state index in [1.54, 1.807) is 4.90 Å². The fourth-order valence-corrected chi connectivity index (χ4v) is 1.76. The molecular formula is C9H18F2N2. The predicted molar refractivity (Wildman–Crippen MR) is 48.8 cm³/mol. The highest BCUT2D eigenvalue weighted by Crippen LogP contribution is 2.34. The lowest BCUT2D eigenvalue weighted by Crippen LogP contribution is -2.58. The summed E-state index contributed by atoms with van der Waals surface area (Å²) in [5.41, 5.74) is 5.21. The molecule has 1 saturated heterocycles. The van der Waals surface area contributed by atoms with Gasteiger partial charge in [0.05, 0.1) is 13.1 Å². The van der Waals surface area contributed by atoms with Gasteiger partial charge >= 0.3 is 0 Å². The van der Waals surface area contributed by atoms with Crippen molar-refractivity contribution in [1.82, 2.24) is 4.90 Å². The molecule has 1 aliphatic rings. The van der Waals surface area contributed by atoms with E-state index in [-0.39, 0.29) is 12.0 Å². The molecule has 0 saturated carbocycles. The van der Waals surface area contributed by atoms with E-state index in [1.807, 2.05) is 0 Å². The van der Waals surface area contributed by atoms with Gasteiger partial charge in [0.2, 0.25) is 0 Å². The van der Waals surface area contributed by atoms with Gasteiger partial charge in [-0.3, -0.25) is 4.90 Å². The maximum Gasteiger partial charge on any atom is 0.272 e. The van der Waals surface area contributed by atoms with Gasteiger partial charge in [-0.25, -0.2) is 8.78 Å². The first kappa shape index (κ1) is 10.9. The number of rotatable bonds is 4. The Morgan fingerprint density at radius 1 is 1.46 bits per heavy atom. The first-order chi connectivity index (χ1) is 5.91. The van der Waals surface area contributed by atoms with E-state index in [1.165, 1.54) is 0 Å². The first-order valence-corrected chi connectivity index (χ1v) is 4.71. The van der Waals surface area contributed by atoms with Crippen molar-refractivity contribution >= 4 is 0 Å². The molecule has 0 atom stereocenters. The van der Waals surface area contributed by atoms with Gasteiger partial charge in [0.15, 0.2) is 0 Å². The maximum atomic E-state index is 12.8. The summed E-state index contributed by atoms with van der Waals surface area (Å²) in [6.45, 7) is 5.05. The number of halogens is 2. The van der Waals surface area contributed by atoms with E-state index >= 15 is 0 Å². The number of likely N-dealkylation sites (tertiary alicyclic amines) is 1. The smallest absolute Gasteiger partial charge is 0.272 e. The van der Waals surface area contributed by atoms with Crippen molar-refractivity contribution in [2.45, 2.75) is 26.2 Å². The first-order valence-electron chi connectivity index (χ1n) is 4.71. The highest BCUT2D eigenvalue weighted by molar-refractivity contribution is 4.92. The van der Waals surface area contributed by atoms with Crippen molar-refractivity contribution in [3.05, 3.63) is 0 Å². The van der Waals surface area contributed by atoms with E-state index in [0.717, 1.165) is 19.5 Å². The third-order valence-corrected chi connectivity index (χ3v) is 2.82. The molecule has 0 aliphatic carbocycles. The molecule has 0 spiro atoms. The van der Waals surface area contributed by atoms with Gasteiger partial charge in [-0.15, -0.1) is 0 Å². The molecule has 4 heteroatoms. The normalized spacial score (nSPS) is 22.8. The van der Waals surface area contributed by atoms with E-state index in [2.05, 4.69) is 13.8 Å². The lowest BCUT2D eigenvalue weighted by molar-refractivity contribution is -0.0790. The molecule has 0 aromatic carbocycles. The summed E-state index contributed by atoms with van der Waals surface area (Å²) in [7, 11) is 0. The largest absolute Gasteiger partial charge is 0.325 e. The number of nitrogens with two attached hydrogens (primary N) is 1. The van der Waals surface area contributed by atoms with Crippen LogP contribution >= 0.6 is 0 Å². The van der Waals surface area contributed by atoms with Gasteiger partial charge in [0.25, 0.3) is 5.92 Å². The minimum atomic E-state index is -2.71. The molecule has 0 radical (unpaired) electrons. The van der Waals surface area contributed by atoms with Gasteiger partial charge in [0.1, 0.15) is 0 Å². The van der Waals surface area contributed by atoms with Crippen molar-refractivity contribution in [1.29, 1.82) is 0 Å². The number of alkyl halides is 2. The van der Waals surface area contributed by atoms with E-state index in [0.29, 0.717) is 0 Å². The number of hydrogen-bond donors (Lipinski definition) is 1. The molecule has 0 aromatic heterocycles. The summed E-state index contributed by atoms with van der Waals surface area (Å²) >= 11 is 0. The molecule has 1 aliphatic heterocycles. The summed E-state index contributed by atoms with van der Waals surface area (Å²) in [5.74, 6) is -2.71. The van der Waals surface area contributed by atoms with Crippen molar-refractivity contribution in [3.63, 3.8) is 0 Å². The average Bonchev–Trinajstić information content (AvgIpc) is 2.01. The number of hydrogen-bond acceptors (Lipinski definition) is 2. The van der Waals surface area contributed by atoms with Gasteiger partial charge in [0, 0.05) is 13.1 Å². The second-order valence-corrected chi connectivity index (χ2v) is 4.37. The zero-order valence-corrected chi connectivity index (χ0v) is 8.32. The van der Waals surface area contributed by atoms with Crippen molar-refractivity contribution < 1.29 is 8.78 Å². The molecule has 0 amide bonds. The summed E-state index contributed by atoms with van der Waals surface area (Å²) in [4.78, 5) is 1.77. The van der Waals surface area contributed by atoms with Crippen LogP contribution in [0.3, 0.4) is 0 Å². The molecule has 2 nitrogen and oxygen atoms in total. The van der Waals surface area contributed by atoms with E-state index in [4.69, 9.17) is 5.73 Å². The second kappa shape index (κ2) is 3.50. The van der Waals surface area contributed by atoms with Gasteiger partial charge in [-0.05, 0) is 11.8 Å². The standard InChI is InChI=1S/C9H18F2N2/c1-3-8(2)5-13(6-8)7-9(10,11)4-12/h3-7,12H2,1-2H3. The Kier molecular flexibility index (Phi) is 2.92. The Morgan fingerprint density at radius 3 is 2.38 bits per heavy atom. The molecule has 0 unspecified atom stereocenters. The Labute approximate surface area is 78.1 Å². The topological polar surface area (TPSA) is 29.3 Å². The predicted octanol–water partition coefficient (Wildman–Crippen LogP) is 1.31. The summed E-state index contributed by atoms with van der Waals surface area (Å²) < 4.78 is 25.6. The van der Waals surface area contributed by atoms with Crippen molar-refractivity contribution in [2.24, 2.45) is 11.1 Å². The molecule has 1 rings (SSSR count). The SMILES string of the molecule is CCC1(C)CN(CC(F)(F)CN)C1. The summed E-state index contributed by atoms with van der Waals surface area (Å²) in [6.07, 6.45) is 1.05. The van der Waals surface area contributed by atoms with Gasteiger partial charge in [-0.2, -0.15) is 0 Å². The molecule has 2 N–H and O–H groups in total. The van der Waals surface area contributed by atoms with Crippen LogP contribution in [0.4, 0.5) is 8.78 Å². The lowest BCUT2D eigenvalue weighted by atomic mass is 9.79. The molecule has 1 heterocycles. The maximum absolute atomic E-state index is 12.8. The fourth-order valence-electron chi connectivity index (χ4n) is 1.76. The van der Waals surface area contributed by atoms with Crippen LogP contribution in [-0.4, -0.2) is 37.0 Å². The minimum absolute atomic E-state index is 0.181. The Bertz CT molecular complexity index is 176. The molecular weight excluding hydrogens is 174 g/mol. The van der Waals surface area contributed by atoms with Crippen LogP contribution in [0.2, 0.25) is 0 Å². The quantitative estimate of drug-likeness (QED) is 0.727. The van der Waals surface area contributed by atoms with Crippen LogP contribution in [-0.2, 0) is 0 Å². The Morgan fingerprint density at radius 2 is 2.00 bits per heavy atom. The lowest BCUT2D eigenvalue weighted by Gasteiger charge is -2.48. The van der Waals surface area contributed by atoms with Crippen LogP contribution in [0.1, 0.15) is 20.3 Å². The Balaban J connectivity index is 2.29. The van der Waals surface area contributed by atoms with E-state index in [9.17, 15) is 8.78 Å². The Hall–Kier alpha value is -0.220. The average molecular weight is 192 g/mol. The van der Waals surface area contributed by atoms with Gasteiger partial charge < -0.3 is 5.73 Å². The second-order valence-electron chi connectivity index (χ2n) is 4.37. The number of nitrogens with zero attached hydrogens (tertiary/aromatic N) is 1. The third kappa shape index (κ3) is 2.61. The highest BCUT2D eigenvalue weighted by Gasteiger charge is 2.41. The third-order valence-electron chi connectivity index (χ3n) is 2.82. The van der Waals surface area contributed by atoms with Crippen LogP contribution in [0, 0.1) is 5.41 Å². The van der Waals surface area contributed by atoms with Crippen molar-refractivity contribution in [3.8, 4) is 0 Å². The van der Waals surface area contributed by atoms with Crippen molar-refractivity contribution in [2.75, 3.05) is 26.2 Å². The summed E-state index contributed by atoms with van der Waals surface area (Å²) in [5, 5.41) is 0. The van der Waals surface area contributed by atoms with E-state index < -0.39 is 12.5 Å². The molecule has 0 bridgehead atoms. The van der Waals surface area contributed by atoms with Crippen LogP contribution in [0.5, 0.6) is 0 Å². The zero-order valence-electron chi connectivity index (χ0n) is 8.32. The highest BCUT2D eigenvalue weighted by atomic mass is 19.3. The van der Waals surface area contributed by atoms with Gasteiger partial charge in [-0.1, -0.05) is 13.8 Å². The summed E-state index contributed by atoms with van der Waals surface area (Å²) in [6, 6.07) is 0. The molecule has 0 aromatic rings. The van der Waals surface area contributed by atoms with Crippen LogP contribution in [0.15, 0.2) is 0 Å². The van der Waals surface area contributed by atoms with Crippen LogP contribution < -0.4 is 5.73 Å².